The van der Waals surface area contributed by atoms with Gasteiger partial charge in [0.25, 0.3) is 0 Å². The Morgan fingerprint density at radius 2 is 1.15 bits per heavy atom. The number of aliphatic imine (C=N–C) groups is 2. The van der Waals surface area contributed by atoms with Crippen LogP contribution >= 0.6 is 21.6 Å². The summed E-state index contributed by atoms with van der Waals surface area (Å²) in [5.41, 5.74) is 20.4. The molecule has 114 valence electrons. The van der Waals surface area contributed by atoms with E-state index in [1.54, 1.807) is 0 Å². The van der Waals surface area contributed by atoms with Gasteiger partial charge < -0.3 is 33.1 Å². The van der Waals surface area contributed by atoms with Gasteiger partial charge >= 0.3 is 11.9 Å². The number of hydrogen-bond donors (Lipinski definition) is 6. The second kappa shape index (κ2) is 9.14. The third-order valence-electron chi connectivity index (χ3n) is 1.72. The second-order valence-electron chi connectivity index (χ2n) is 3.39. The van der Waals surface area contributed by atoms with E-state index in [1.165, 1.54) is 0 Å². The van der Waals surface area contributed by atoms with E-state index < -0.39 is 24.0 Å². The van der Waals surface area contributed by atoms with Crippen molar-refractivity contribution in [3.8, 4) is 0 Å². The van der Waals surface area contributed by atoms with Gasteiger partial charge in [-0.2, -0.15) is 0 Å². The van der Waals surface area contributed by atoms with Crippen molar-refractivity contribution in [2.24, 2.45) is 32.9 Å². The van der Waals surface area contributed by atoms with E-state index in [4.69, 9.17) is 33.1 Å². The average Bonchev–Trinajstić information content (AvgIpc) is 2.29. The molecule has 0 aromatic heterocycles. The molecule has 10 N–H and O–H groups in total. The molecule has 12 heteroatoms. The minimum atomic E-state index is -1.18. The molecular formula is C8H16N6O4S2. The maximum atomic E-state index is 10.8. The van der Waals surface area contributed by atoms with Crippen LogP contribution in [0.15, 0.2) is 9.98 Å². The molecule has 10 nitrogen and oxygen atoms in total. The zero-order chi connectivity index (χ0) is 15.7. The average molecular weight is 324 g/mol. The van der Waals surface area contributed by atoms with Crippen molar-refractivity contribution >= 4 is 45.4 Å². The lowest BCUT2D eigenvalue weighted by molar-refractivity contribution is -0.138. The molecule has 0 aliphatic rings. The Morgan fingerprint density at radius 1 is 0.850 bits per heavy atom. The lowest BCUT2D eigenvalue weighted by Gasteiger charge is -2.09. The van der Waals surface area contributed by atoms with E-state index in [1.807, 2.05) is 0 Å². The molecule has 0 saturated carbocycles. The van der Waals surface area contributed by atoms with Crippen LogP contribution in [0, 0.1) is 0 Å². The van der Waals surface area contributed by atoms with Crippen molar-refractivity contribution in [3.05, 3.63) is 0 Å². The summed E-state index contributed by atoms with van der Waals surface area (Å²) in [6.45, 7) is 0. The van der Waals surface area contributed by atoms with Crippen molar-refractivity contribution in [3.63, 3.8) is 0 Å². The van der Waals surface area contributed by atoms with E-state index in [-0.39, 0.29) is 23.4 Å². The predicted molar refractivity (Wildman–Crippen MR) is 79.4 cm³/mol. The molecule has 2 atom stereocenters. The van der Waals surface area contributed by atoms with Gasteiger partial charge in [-0.05, 0) is 0 Å². The topological polar surface area (TPSA) is 203 Å². The minimum absolute atomic E-state index is 0.0755. The highest BCUT2D eigenvalue weighted by Crippen LogP contribution is 2.24. The lowest BCUT2D eigenvalue weighted by Crippen LogP contribution is -2.30. The number of aliphatic carboxylic acids is 2. The fourth-order valence-corrected chi connectivity index (χ4v) is 3.15. The molecule has 0 aliphatic heterocycles. The molecule has 0 saturated heterocycles. The fraction of sp³-hybridized carbons (Fsp3) is 0.500. The molecule has 0 spiro atoms. The molecule has 0 aromatic carbocycles. The Hall–Kier alpha value is -1.82. The highest BCUT2D eigenvalue weighted by molar-refractivity contribution is 8.76. The number of nitrogens with zero attached hydrogens (tertiary/aromatic N) is 2. The van der Waals surface area contributed by atoms with Gasteiger partial charge in [0.1, 0.15) is 0 Å². The van der Waals surface area contributed by atoms with Crippen LogP contribution in [0.5, 0.6) is 0 Å². The molecule has 0 radical (unpaired) electrons. The zero-order valence-electron chi connectivity index (χ0n) is 10.3. The molecule has 0 rings (SSSR count). The summed E-state index contributed by atoms with van der Waals surface area (Å²) in [6, 6.07) is -2.19. The molecule has 20 heavy (non-hydrogen) atoms. The Balaban J connectivity index is 4.28. The predicted octanol–water partition coefficient (Wildman–Crippen LogP) is -2.18. The number of carboxylic acids is 2. The molecule has 0 amide bonds. The number of carboxylic acid groups (broad SMARTS) is 2. The van der Waals surface area contributed by atoms with Crippen LogP contribution in [0.4, 0.5) is 0 Å². The Labute approximate surface area is 122 Å². The number of nitrogens with two attached hydrogens (primary N) is 4. The van der Waals surface area contributed by atoms with E-state index in [9.17, 15) is 9.59 Å². The summed E-state index contributed by atoms with van der Waals surface area (Å²) < 4.78 is 0. The van der Waals surface area contributed by atoms with E-state index in [2.05, 4.69) is 9.98 Å². The van der Waals surface area contributed by atoms with Crippen LogP contribution < -0.4 is 22.9 Å². The minimum Gasteiger partial charge on any atom is -0.480 e. The molecule has 0 bridgehead atoms. The van der Waals surface area contributed by atoms with Crippen LogP contribution in [0.2, 0.25) is 0 Å². The summed E-state index contributed by atoms with van der Waals surface area (Å²) >= 11 is 0. The smallest absolute Gasteiger partial charge is 0.329 e. The molecule has 0 fully saturated rings. The van der Waals surface area contributed by atoms with Crippen LogP contribution in [-0.2, 0) is 9.59 Å². The van der Waals surface area contributed by atoms with E-state index in [0.29, 0.717) is 0 Å². The summed E-state index contributed by atoms with van der Waals surface area (Å²) in [5, 5.41) is 17.7. The number of carbonyl (C=O) groups is 2. The fourth-order valence-electron chi connectivity index (χ4n) is 0.913. The van der Waals surface area contributed by atoms with Crippen molar-refractivity contribution in [1.82, 2.24) is 0 Å². The summed E-state index contributed by atoms with van der Waals surface area (Å²) in [7, 11) is 2.22. The Bertz CT molecular complexity index is 370. The highest BCUT2D eigenvalue weighted by atomic mass is 33.1. The quantitative estimate of drug-likeness (QED) is 0.117. The largest absolute Gasteiger partial charge is 0.480 e. The van der Waals surface area contributed by atoms with Crippen LogP contribution in [0.3, 0.4) is 0 Å². The lowest BCUT2D eigenvalue weighted by atomic mass is 10.4. The first-order chi connectivity index (χ1) is 9.23. The van der Waals surface area contributed by atoms with E-state index >= 15 is 0 Å². The number of hydrogen-bond acceptors (Lipinski definition) is 6. The second-order valence-corrected chi connectivity index (χ2v) is 5.94. The van der Waals surface area contributed by atoms with Crippen molar-refractivity contribution < 1.29 is 19.8 Å². The van der Waals surface area contributed by atoms with Gasteiger partial charge in [0.2, 0.25) is 0 Å². The summed E-state index contributed by atoms with van der Waals surface area (Å²) in [4.78, 5) is 28.7. The van der Waals surface area contributed by atoms with Gasteiger partial charge in [0.15, 0.2) is 24.0 Å². The molecular weight excluding hydrogens is 308 g/mol. The number of guanidine groups is 2. The van der Waals surface area contributed by atoms with Gasteiger partial charge in [0, 0.05) is 11.5 Å². The number of rotatable bonds is 9. The molecule has 0 aliphatic carbocycles. The highest BCUT2D eigenvalue weighted by Gasteiger charge is 2.19. The summed E-state index contributed by atoms with van der Waals surface area (Å²) in [5.74, 6) is -2.85. The van der Waals surface area contributed by atoms with Crippen LogP contribution in [0.25, 0.3) is 0 Å². The third kappa shape index (κ3) is 8.31. The standard InChI is InChI=1S/C8H16N6O4S2/c9-7(10)13-3(5(15)16)1-19-20-2-4(6(17)18)14-8(11)12/h3-4H,1-2H2,(H,15,16)(H,17,18)(H4,9,10,13)(H4,11,12,14). The van der Waals surface area contributed by atoms with E-state index in [0.717, 1.165) is 21.6 Å². The van der Waals surface area contributed by atoms with Crippen molar-refractivity contribution in [2.75, 3.05) is 11.5 Å². The van der Waals surface area contributed by atoms with Crippen LogP contribution in [-0.4, -0.2) is 57.7 Å². The Morgan fingerprint density at radius 3 is 1.35 bits per heavy atom. The van der Waals surface area contributed by atoms with Gasteiger partial charge in [0.05, 0.1) is 0 Å². The first-order valence-electron chi connectivity index (χ1n) is 5.11. The molecule has 0 heterocycles. The van der Waals surface area contributed by atoms with Gasteiger partial charge in [-0.1, -0.05) is 21.6 Å². The first-order valence-corrected chi connectivity index (χ1v) is 7.60. The molecule has 2 unspecified atom stereocenters. The van der Waals surface area contributed by atoms with Gasteiger partial charge in [-0.25, -0.2) is 19.6 Å². The normalized spacial score (nSPS) is 13.0. The first kappa shape index (κ1) is 18.2. The third-order valence-corrected chi connectivity index (χ3v) is 4.10. The van der Waals surface area contributed by atoms with Crippen molar-refractivity contribution in [1.29, 1.82) is 0 Å². The summed E-state index contributed by atoms with van der Waals surface area (Å²) in [6.07, 6.45) is 0. The monoisotopic (exact) mass is 324 g/mol. The van der Waals surface area contributed by atoms with Gasteiger partial charge in [-0.15, -0.1) is 0 Å². The van der Waals surface area contributed by atoms with Crippen molar-refractivity contribution in [2.45, 2.75) is 12.1 Å². The molecule has 0 aromatic rings. The Kier molecular flexibility index (Phi) is 8.31. The maximum Gasteiger partial charge on any atom is 0.329 e. The maximum absolute atomic E-state index is 10.8. The SMILES string of the molecule is NC(N)=NC(CSSCC(N=C(N)N)C(=O)O)C(=O)O. The zero-order valence-corrected chi connectivity index (χ0v) is 11.9. The van der Waals surface area contributed by atoms with Gasteiger partial charge in [-0.3, -0.25) is 0 Å². The van der Waals surface area contributed by atoms with Crippen LogP contribution in [0.1, 0.15) is 0 Å².